The van der Waals surface area contributed by atoms with Gasteiger partial charge in [0.1, 0.15) is 0 Å². The summed E-state index contributed by atoms with van der Waals surface area (Å²) in [6.45, 7) is 2.87. The predicted octanol–water partition coefficient (Wildman–Crippen LogP) is 1.57. The Kier molecular flexibility index (Phi) is 10.3. The first-order valence-corrected chi connectivity index (χ1v) is 16.6. The van der Waals surface area contributed by atoms with Gasteiger partial charge in [0.25, 0.3) is 11.8 Å². The molecule has 42 heavy (non-hydrogen) atoms. The Bertz CT molecular complexity index is 1430. The maximum atomic E-state index is 13.0. The number of ether oxygens (including phenoxy) is 2. The number of hydrogen-bond donors (Lipinski definition) is 1. The first-order chi connectivity index (χ1) is 19.9. The summed E-state index contributed by atoms with van der Waals surface area (Å²) in [6, 6.07) is 1.84. The molecule has 2 amide bonds. The highest BCUT2D eigenvalue weighted by Crippen LogP contribution is 2.38. The number of likely N-dealkylation sites (N-methyl/N-ethyl adjacent to an activating group) is 1. The standard InChI is InChI=1S/C29H37N3O8S2/c1-29(42(4,36)37,28(35)30-40-25-11-7-8-14-38-25)12-13-32-17-21-16-23(41-26(21)27(32)34)10-6-5-9-20-15-22(20)19-39-24(33)18-31(2)3/h16,20,22,25H,7-8,11-15,17-19H2,1-4H3,(H,30,35)/t20-,22+,25?,29?/m0/s1. The third-order valence-electron chi connectivity index (χ3n) is 7.56. The fourth-order valence-electron chi connectivity index (χ4n) is 4.57. The molecule has 1 aliphatic carbocycles. The van der Waals surface area contributed by atoms with Gasteiger partial charge in [-0.3, -0.25) is 19.3 Å². The molecule has 4 atom stereocenters. The molecule has 1 aromatic rings. The summed E-state index contributed by atoms with van der Waals surface area (Å²) in [5.74, 6) is 10.9. The van der Waals surface area contributed by atoms with Crippen molar-refractivity contribution >= 4 is 39.0 Å². The number of nitrogens with one attached hydrogen (secondary N) is 1. The highest BCUT2D eigenvalue weighted by Gasteiger charge is 2.45. The molecule has 1 saturated heterocycles. The quantitative estimate of drug-likeness (QED) is 0.223. The number of rotatable bonds is 11. The summed E-state index contributed by atoms with van der Waals surface area (Å²) >= 11 is 1.27. The van der Waals surface area contributed by atoms with E-state index < -0.39 is 26.8 Å². The van der Waals surface area contributed by atoms with E-state index >= 15 is 0 Å². The zero-order valence-corrected chi connectivity index (χ0v) is 26.0. The molecule has 0 aromatic carbocycles. The van der Waals surface area contributed by atoms with E-state index in [1.165, 1.54) is 18.3 Å². The lowest BCUT2D eigenvalue weighted by atomic mass is 10.1. The van der Waals surface area contributed by atoms with Crippen molar-refractivity contribution in [2.45, 2.75) is 56.6 Å². The third kappa shape index (κ3) is 8.12. The number of amides is 2. The molecule has 2 fully saturated rings. The van der Waals surface area contributed by atoms with Gasteiger partial charge in [-0.05, 0) is 76.1 Å². The normalized spacial score (nSPS) is 22.7. The molecule has 0 bridgehead atoms. The van der Waals surface area contributed by atoms with E-state index in [4.69, 9.17) is 14.3 Å². The van der Waals surface area contributed by atoms with Crippen molar-refractivity contribution in [3.8, 4) is 23.7 Å². The number of thiophene rings is 1. The van der Waals surface area contributed by atoms with E-state index in [0.717, 1.165) is 36.0 Å². The van der Waals surface area contributed by atoms with Crippen molar-refractivity contribution < 1.29 is 37.1 Å². The molecule has 0 spiro atoms. The monoisotopic (exact) mass is 619 g/mol. The summed E-state index contributed by atoms with van der Waals surface area (Å²) in [4.78, 5) is 47.5. The summed E-state index contributed by atoms with van der Waals surface area (Å²) in [7, 11) is -0.219. The van der Waals surface area contributed by atoms with Crippen LogP contribution in [0.2, 0.25) is 0 Å². The second-order valence-electron chi connectivity index (χ2n) is 11.3. The highest BCUT2D eigenvalue weighted by molar-refractivity contribution is 7.92. The molecular weight excluding hydrogens is 582 g/mol. The molecule has 0 radical (unpaired) electrons. The SMILES string of the molecule is CN(C)CC(=O)OC[C@H]1C[C@@H]1C#CC#Cc1cc2c(s1)C(=O)N(CCC(C)(C(=O)NOC1CCCCO1)S(C)(=O)=O)C2. The van der Waals surface area contributed by atoms with Gasteiger partial charge < -0.3 is 14.4 Å². The van der Waals surface area contributed by atoms with Crippen LogP contribution in [0.5, 0.6) is 0 Å². The summed E-state index contributed by atoms with van der Waals surface area (Å²) in [5, 5.41) is 0. The van der Waals surface area contributed by atoms with Crippen LogP contribution in [0.3, 0.4) is 0 Å². The Balaban J connectivity index is 1.27. The zero-order valence-electron chi connectivity index (χ0n) is 24.4. The van der Waals surface area contributed by atoms with Gasteiger partial charge in [0.15, 0.2) is 20.9 Å². The second-order valence-corrected chi connectivity index (χ2v) is 14.8. The molecule has 2 unspecified atom stereocenters. The van der Waals surface area contributed by atoms with Gasteiger partial charge >= 0.3 is 5.97 Å². The molecule has 1 aromatic heterocycles. The molecule has 3 heterocycles. The maximum Gasteiger partial charge on any atom is 0.320 e. The molecule has 1 N–H and O–H groups in total. The fourth-order valence-corrected chi connectivity index (χ4v) is 6.41. The van der Waals surface area contributed by atoms with Crippen molar-refractivity contribution in [1.82, 2.24) is 15.3 Å². The Hall–Kier alpha value is -2.94. The van der Waals surface area contributed by atoms with Crippen LogP contribution in [-0.4, -0.2) is 93.7 Å². The third-order valence-corrected chi connectivity index (χ3v) is 10.7. The lowest BCUT2D eigenvalue weighted by molar-refractivity contribution is -0.201. The van der Waals surface area contributed by atoms with E-state index in [-0.39, 0.29) is 43.2 Å². The van der Waals surface area contributed by atoms with E-state index in [9.17, 15) is 22.8 Å². The highest BCUT2D eigenvalue weighted by atomic mass is 32.2. The van der Waals surface area contributed by atoms with Crippen LogP contribution in [0.15, 0.2) is 6.07 Å². The molecule has 4 rings (SSSR count). The number of nitrogens with zero attached hydrogens (tertiary/aromatic N) is 2. The fraction of sp³-hybridized carbons (Fsp3) is 0.621. The van der Waals surface area contributed by atoms with Crippen LogP contribution in [0, 0.1) is 35.5 Å². The summed E-state index contributed by atoms with van der Waals surface area (Å²) < 4.78 is 34.2. The predicted molar refractivity (Wildman–Crippen MR) is 156 cm³/mol. The molecule has 13 heteroatoms. The molecule has 228 valence electrons. The van der Waals surface area contributed by atoms with E-state index in [1.54, 1.807) is 9.80 Å². The minimum Gasteiger partial charge on any atom is -0.464 e. The van der Waals surface area contributed by atoms with Crippen molar-refractivity contribution in [1.29, 1.82) is 0 Å². The number of hydroxylamine groups is 1. The summed E-state index contributed by atoms with van der Waals surface area (Å²) in [5.41, 5.74) is 3.08. The number of carbonyl (C=O) groups excluding carboxylic acids is 3. The van der Waals surface area contributed by atoms with Gasteiger partial charge in [-0.2, -0.15) is 0 Å². The lowest BCUT2D eigenvalue weighted by Gasteiger charge is -2.29. The minimum absolute atomic E-state index is 0.0800. The molecule has 2 aliphatic heterocycles. The number of fused-ring (bicyclic) bond motifs is 1. The maximum absolute atomic E-state index is 13.0. The molecule has 11 nitrogen and oxygen atoms in total. The van der Waals surface area contributed by atoms with Gasteiger partial charge in [-0.1, -0.05) is 5.92 Å². The molecule has 3 aliphatic rings. The van der Waals surface area contributed by atoms with Gasteiger partial charge in [0.2, 0.25) is 0 Å². The molecular formula is C29H37N3O8S2. The zero-order chi connectivity index (χ0) is 30.5. The van der Waals surface area contributed by atoms with E-state index in [2.05, 4.69) is 29.2 Å². The Morgan fingerprint density at radius 1 is 1.29 bits per heavy atom. The van der Waals surface area contributed by atoms with Crippen molar-refractivity contribution in [3.63, 3.8) is 0 Å². The van der Waals surface area contributed by atoms with Gasteiger partial charge in [0, 0.05) is 44.2 Å². The van der Waals surface area contributed by atoms with Crippen molar-refractivity contribution in [2.24, 2.45) is 11.8 Å². The Morgan fingerprint density at radius 3 is 2.74 bits per heavy atom. The smallest absolute Gasteiger partial charge is 0.320 e. The van der Waals surface area contributed by atoms with Gasteiger partial charge in [-0.15, -0.1) is 11.3 Å². The van der Waals surface area contributed by atoms with Gasteiger partial charge in [-0.25, -0.2) is 18.7 Å². The Labute approximate surface area is 251 Å². The first kappa shape index (κ1) is 32.0. The number of carbonyl (C=O) groups is 3. The minimum atomic E-state index is -3.84. The van der Waals surface area contributed by atoms with Crippen LogP contribution in [0.25, 0.3) is 0 Å². The van der Waals surface area contributed by atoms with Gasteiger partial charge in [0.05, 0.1) is 22.9 Å². The number of sulfone groups is 1. The number of esters is 1. The van der Waals surface area contributed by atoms with Crippen molar-refractivity contribution in [3.05, 3.63) is 21.4 Å². The van der Waals surface area contributed by atoms with Crippen LogP contribution < -0.4 is 5.48 Å². The topological polar surface area (TPSA) is 132 Å². The van der Waals surface area contributed by atoms with Crippen LogP contribution >= 0.6 is 11.3 Å². The molecule has 1 saturated carbocycles. The van der Waals surface area contributed by atoms with Crippen molar-refractivity contribution in [2.75, 3.05) is 46.7 Å². The van der Waals surface area contributed by atoms with Crippen LogP contribution in [0.4, 0.5) is 0 Å². The van der Waals surface area contributed by atoms with Crippen LogP contribution in [-0.2, 0) is 40.3 Å². The first-order valence-electron chi connectivity index (χ1n) is 13.9. The average molecular weight is 620 g/mol. The van der Waals surface area contributed by atoms with Crippen LogP contribution in [0.1, 0.15) is 59.1 Å². The van der Waals surface area contributed by atoms with E-state index in [1.807, 2.05) is 20.2 Å². The lowest BCUT2D eigenvalue weighted by Crippen LogP contribution is -2.52. The van der Waals surface area contributed by atoms with E-state index in [0.29, 0.717) is 31.1 Å². The Morgan fingerprint density at radius 2 is 2.07 bits per heavy atom. The second kappa shape index (κ2) is 13.6. The summed E-state index contributed by atoms with van der Waals surface area (Å²) in [6.07, 6.45) is 3.59. The average Bonchev–Trinajstić information content (AvgIpc) is 3.47. The number of hydrogen-bond acceptors (Lipinski definition) is 10. The largest absolute Gasteiger partial charge is 0.464 e.